The fourth-order valence-electron chi connectivity index (χ4n) is 2.60. The van der Waals surface area contributed by atoms with Gasteiger partial charge in [-0.25, -0.2) is 4.98 Å². The molecule has 1 aromatic heterocycles. The van der Waals surface area contributed by atoms with Crippen LogP contribution in [0.4, 0.5) is 0 Å². The number of H-pyrrole nitrogens is 1. The van der Waals surface area contributed by atoms with E-state index < -0.39 is 72.6 Å². The normalized spacial score (nSPS) is 14.2. The molecule has 15 nitrogen and oxygen atoms in total. The van der Waals surface area contributed by atoms with Crippen molar-refractivity contribution in [1.29, 1.82) is 0 Å². The molecule has 0 aliphatic heterocycles. The second kappa shape index (κ2) is 12.7. The van der Waals surface area contributed by atoms with E-state index in [9.17, 15) is 28.8 Å². The van der Waals surface area contributed by atoms with Crippen molar-refractivity contribution in [3.05, 3.63) is 18.2 Å². The van der Waals surface area contributed by atoms with Gasteiger partial charge in [-0.15, -0.1) is 0 Å². The highest BCUT2D eigenvalue weighted by atomic mass is 16.4. The topological polar surface area (TPSA) is 260 Å². The first-order chi connectivity index (χ1) is 15.4. The highest BCUT2D eigenvalue weighted by Gasteiger charge is 2.30. The summed E-state index contributed by atoms with van der Waals surface area (Å²) in [6.45, 7) is 1.17. The molecule has 10 N–H and O–H groups in total. The van der Waals surface area contributed by atoms with Crippen LogP contribution < -0.4 is 27.4 Å². The predicted octanol–water partition coefficient (Wildman–Crippen LogP) is -3.42. The molecule has 33 heavy (non-hydrogen) atoms. The second-order valence-corrected chi connectivity index (χ2v) is 7.18. The molecule has 0 fully saturated rings. The van der Waals surface area contributed by atoms with Gasteiger partial charge in [-0.1, -0.05) is 0 Å². The number of carbonyl (C=O) groups is 6. The number of primary amides is 1. The Balaban J connectivity index is 2.91. The molecular formula is C18H27N7O8. The van der Waals surface area contributed by atoms with Crippen LogP contribution in [-0.4, -0.2) is 79.9 Å². The minimum absolute atomic E-state index is 0.0491. The quantitative estimate of drug-likeness (QED) is 0.134. The molecule has 0 radical (unpaired) electrons. The fraction of sp³-hybridized carbons (Fsp3) is 0.500. The van der Waals surface area contributed by atoms with Crippen LogP contribution in [0.3, 0.4) is 0 Å². The van der Waals surface area contributed by atoms with Crippen LogP contribution in [0.25, 0.3) is 0 Å². The van der Waals surface area contributed by atoms with Gasteiger partial charge in [0.1, 0.15) is 18.1 Å². The Labute approximate surface area is 187 Å². The van der Waals surface area contributed by atoms with Crippen molar-refractivity contribution in [2.45, 2.75) is 56.8 Å². The molecule has 182 valence electrons. The summed E-state index contributed by atoms with van der Waals surface area (Å²) in [5.74, 6) is -6.32. The van der Waals surface area contributed by atoms with Gasteiger partial charge in [0.2, 0.25) is 23.6 Å². The molecule has 15 heteroatoms. The number of aliphatic carboxylic acids is 2. The molecule has 0 bridgehead atoms. The largest absolute Gasteiger partial charge is 0.481 e. The van der Waals surface area contributed by atoms with Crippen LogP contribution in [0.5, 0.6) is 0 Å². The maximum absolute atomic E-state index is 12.7. The van der Waals surface area contributed by atoms with Gasteiger partial charge in [0.05, 0.1) is 18.8 Å². The molecule has 0 aliphatic rings. The molecule has 4 unspecified atom stereocenters. The van der Waals surface area contributed by atoms with Crippen molar-refractivity contribution in [2.24, 2.45) is 11.5 Å². The zero-order chi connectivity index (χ0) is 25.1. The maximum Gasteiger partial charge on any atom is 0.325 e. The third kappa shape index (κ3) is 9.77. The lowest BCUT2D eigenvalue weighted by atomic mass is 10.1. The van der Waals surface area contributed by atoms with E-state index in [2.05, 4.69) is 25.9 Å². The van der Waals surface area contributed by atoms with Crippen molar-refractivity contribution < 1.29 is 39.0 Å². The van der Waals surface area contributed by atoms with Crippen LogP contribution in [0.15, 0.2) is 12.5 Å². The summed E-state index contributed by atoms with van der Waals surface area (Å²) in [6, 6.07) is -5.40. The monoisotopic (exact) mass is 469 g/mol. The molecule has 0 saturated heterocycles. The number of aromatic nitrogens is 2. The Morgan fingerprint density at radius 2 is 1.64 bits per heavy atom. The SMILES string of the molecule is CC(NC(=O)C(CCC(=O)O)NC(=O)C(CC(N)=O)NC(=O)C(N)Cc1cnc[nH]1)C(=O)O. The number of rotatable bonds is 14. The average molecular weight is 469 g/mol. The lowest BCUT2D eigenvalue weighted by Crippen LogP contribution is -2.57. The smallest absolute Gasteiger partial charge is 0.325 e. The third-order valence-corrected chi connectivity index (χ3v) is 4.38. The number of hydrogen-bond donors (Lipinski definition) is 8. The molecule has 0 aromatic carbocycles. The molecule has 4 atom stereocenters. The summed E-state index contributed by atoms with van der Waals surface area (Å²) in [5.41, 5.74) is 11.5. The van der Waals surface area contributed by atoms with E-state index in [0.717, 1.165) is 0 Å². The molecule has 1 heterocycles. The van der Waals surface area contributed by atoms with Crippen LogP contribution in [0.2, 0.25) is 0 Å². The predicted molar refractivity (Wildman–Crippen MR) is 110 cm³/mol. The van der Waals surface area contributed by atoms with Gasteiger partial charge in [0.15, 0.2) is 0 Å². The van der Waals surface area contributed by atoms with Gasteiger partial charge in [-0.05, 0) is 13.3 Å². The van der Waals surface area contributed by atoms with Crippen molar-refractivity contribution in [3.63, 3.8) is 0 Å². The van der Waals surface area contributed by atoms with Gasteiger partial charge < -0.3 is 42.6 Å². The van der Waals surface area contributed by atoms with Crippen LogP contribution in [0, 0.1) is 0 Å². The number of carboxylic acid groups (broad SMARTS) is 2. The first kappa shape index (κ1) is 27.0. The molecule has 4 amide bonds. The standard InChI is InChI=1S/C18H27N7O8/c1-8(18(32)33)23-16(30)11(2-3-14(27)28)24-17(31)12(5-13(20)26)25-15(29)10(19)4-9-6-21-7-22-9/h6-8,10-12H,2-5,19H2,1H3,(H2,20,26)(H,21,22)(H,23,30)(H,24,31)(H,25,29)(H,27,28)(H,32,33). The van der Waals surface area contributed by atoms with E-state index in [1.165, 1.54) is 19.4 Å². The van der Waals surface area contributed by atoms with Gasteiger partial charge >= 0.3 is 11.9 Å². The zero-order valence-electron chi connectivity index (χ0n) is 17.7. The van der Waals surface area contributed by atoms with E-state index in [0.29, 0.717) is 5.69 Å². The minimum Gasteiger partial charge on any atom is -0.481 e. The van der Waals surface area contributed by atoms with E-state index in [-0.39, 0.29) is 12.8 Å². The Morgan fingerprint density at radius 3 is 2.15 bits per heavy atom. The van der Waals surface area contributed by atoms with Crippen molar-refractivity contribution >= 4 is 35.6 Å². The van der Waals surface area contributed by atoms with Gasteiger partial charge in [0, 0.05) is 24.7 Å². The maximum atomic E-state index is 12.7. The number of nitrogens with one attached hydrogen (secondary N) is 4. The molecule has 0 aliphatic carbocycles. The number of aromatic amines is 1. The summed E-state index contributed by atoms with van der Waals surface area (Å²) in [7, 11) is 0. The third-order valence-electron chi connectivity index (χ3n) is 4.38. The highest BCUT2D eigenvalue weighted by Crippen LogP contribution is 2.03. The van der Waals surface area contributed by atoms with Gasteiger partial charge in [-0.3, -0.25) is 28.8 Å². The number of amides is 4. The van der Waals surface area contributed by atoms with E-state index in [1.54, 1.807) is 0 Å². The molecule has 0 spiro atoms. The van der Waals surface area contributed by atoms with Crippen molar-refractivity contribution in [2.75, 3.05) is 0 Å². The van der Waals surface area contributed by atoms with Crippen LogP contribution >= 0.6 is 0 Å². The minimum atomic E-state index is -1.51. The zero-order valence-corrected chi connectivity index (χ0v) is 17.7. The molecule has 0 saturated carbocycles. The Bertz CT molecular complexity index is 873. The van der Waals surface area contributed by atoms with Gasteiger partial charge in [-0.2, -0.15) is 0 Å². The summed E-state index contributed by atoms with van der Waals surface area (Å²) in [5, 5.41) is 24.4. The van der Waals surface area contributed by atoms with E-state index >= 15 is 0 Å². The Hall–Kier alpha value is -4.01. The first-order valence-electron chi connectivity index (χ1n) is 9.77. The summed E-state index contributed by atoms with van der Waals surface area (Å²) in [4.78, 5) is 77.3. The lowest BCUT2D eigenvalue weighted by molar-refractivity contribution is -0.142. The summed E-state index contributed by atoms with van der Waals surface area (Å²) in [6.07, 6.45) is 1.35. The summed E-state index contributed by atoms with van der Waals surface area (Å²) >= 11 is 0. The van der Waals surface area contributed by atoms with Gasteiger partial charge in [0.25, 0.3) is 0 Å². The highest BCUT2D eigenvalue weighted by molar-refractivity contribution is 5.96. The number of nitrogens with zero attached hydrogens (tertiary/aromatic N) is 1. The Morgan fingerprint density at radius 1 is 1.03 bits per heavy atom. The number of carboxylic acids is 2. The second-order valence-electron chi connectivity index (χ2n) is 7.18. The van der Waals surface area contributed by atoms with Crippen LogP contribution in [0.1, 0.15) is 31.9 Å². The van der Waals surface area contributed by atoms with E-state index in [4.69, 9.17) is 21.7 Å². The van der Waals surface area contributed by atoms with E-state index in [1.807, 2.05) is 0 Å². The first-order valence-corrected chi connectivity index (χ1v) is 9.77. The van der Waals surface area contributed by atoms with Crippen LogP contribution in [-0.2, 0) is 35.2 Å². The molecule has 1 rings (SSSR count). The molecular weight excluding hydrogens is 442 g/mol. The number of carbonyl (C=O) groups excluding carboxylic acids is 4. The summed E-state index contributed by atoms with van der Waals surface area (Å²) < 4.78 is 0. The number of imidazole rings is 1. The van der Waals surface area contributed by atoms with Crippen molar-refractivity contribution in [1.82, 2.24) is 25.9 Å². The Kier molecular flexibility index (Phi) is 10.4. The number of hydrogen-bond acceptors (Lipinski definition) is 8. The number of nitrogens with two attached hydrogens (primary N) is 2. The van der Waals surface area contributed by atoms with Crippen molar-refractivity contribution in [3.8, 4) is 0 Å². The molecule has 1 aromatic rings. The fourth-order valence-corrected chi connectivity index (χ4v) is 2.60. The lowest BCUT2D eigenvalue weighted by Gasteiger charge is -2.24. The average Bonchev–Trinajstić information content (AvgIpc) is 3.22.